The predicted octanol–water partition coefficient (Wildman–Crippen LogP) is 8.33. The molecule has 210 valence electrons. The molecule has 0 unspecified atom stereocenters. The molecule has 0 fully saturated rings. The Hall–Kier alpha value is -3.92. The SMILES string of the molecule is COC(=O)c1cccc(SCc2ccc(OCc3c(-c4ccccc4OC(F)(F)F)noc3C(C)C)cc2C)c1. The molecule has 1 aromatic heterocycles. The van der Waals surface area contributed by atoms with Crippen LogP contribution in [0, 0.1) is 6.92 Å². The fourth-order valence-electron chi connectivity index (χ4n) is 4.07. The summed E-state index contributed by atoms with van der Waals surface area (Å²) < 4.78 is 59.7. The molecule has 0 saturated carbocycles. The van der Waals surface area contributed by atoms with Crippen molar-refractivity contribution in [1.82, 2.24) is 5.16 Å². The zero-order valence-electron chi connectivity index (χ0n) is 22.4. The van der Waals surface area contributed by atoms with Gasteiger partial charge in [0.05, 0.1) is 18.2 Å². The number of methoxy groups -OCH3 is 1. The van der Waals surface area contributed by atoms with E-state index in [0.717, 1.165) is 16.0 Å². The minimum absolute atomic E-state index is 0.0422. The molecule has 0 atom stereocenters. The molecular formula is C30H28F3NO5S. The van der Waals surface area contributed by atoms with Crippen LogP contribution in [-0.4, -0.2) is 24.6 Å². The van der Waals surface area contributed by atoms with Gasteiger partial charge in [-0.3, -0.25) is 0 Å². The fraction of sp³-hybridized carbons (Fsp3) is 0.267. The smallest absolute Gasteiger partial charge is 0.489 e. The lowest BCUT2D eigenvalue weighted by Crippen LogP contribution is -2.17. The summed E-state index contributed by atoms with van der Waals surface area (Å²) in [7, 11) is 1.35. The molecule has 1 heterocycles. The van der Waals surface area contributed by atoms with Crippen molar-refractivity contribution in [3.63, 3.8) is 0 Å². The second-order valence-electron chi connectivity index (χ2n) is 9.26. The fourth-order valence-corrected chi connectivity index (χ4v) is 5.10. The summed E-state index contributed by atoms with van der Waals surface area (Å²) in [6.07, 6.45) is -4.85. The number of halogens is 3. The first-order valence-electron chi connectivity index (χ1n) is 12.4. The van der Waals surface area contributed by atoms with Crippen LogP contribution < -0.4 is 9.47 Å². The van der Waals surface area contributed by atoms with Gasteiger partial charge in [0, 0.05) is 22.1 Å². The van der Waals surface area contributed by atoms with Gasteiger partial charge < -0.3 is 18.7 Å². The molecule has 3 aromatic carbocycles. The van der Waals surface area contributed by atoms with Crippen molar-refractivity contribution in [2.24, 2.45) is 0 Å². The molecular weight excluding hydrogens is 543 g/mol. The van der Waals surface area contributed by atoms with Crippen LogP contribution in [0.1, 0.15) is 52.6 Å². The lowest BCUT2D eigenvalue weighted by atomic mass is 10.0. The molecule has 0 aliphatic heterocycles. The molecule has 0 bridgehead atoms. The van der Waals surface area contributed by atoms with Crippen molar-refractivity contribution < 1.29 is 36.7 Å². The molecule has 0 radical (unpaired) electrons. The van der Waals surface area contributed by atoms with Gasteiger partial charge in [0.1, 0.15) is 29.6 Å². The number of thioether (sulfide) groups is 1. The number of aromatic nitrogens is 1. The number of carbonyl (C=O) groups excluding carboxylic acids is 1. The highest BCUT2D eigenvalue weighted by atomic mass is 32.2. The lowest BCUT2D eigenvalue weighted by Gasteiger charge is -2.14. The van der Waals surface area contributed by atoms with Gasteiger partial charge >= 0.3 is 12.3 Å². The average molecular weight is 572 g/mol. The van der Waals surface area contributed by atoms with Crippen LogP contribution in [0.3, 0.4) is 0 Å². The zero-order valence-corrected chi connectivity index (χ0v) is 23.2. The molecule has 0 spiro atoms. The predicted molar refractivity (Wildman–Crippen MR) is 146 cm³/mol. The first-order valence-corrected chi connectivity index (χ1v) is 13.4. The third kappa shape index (κ3) is 7.18. The van der Waals surface area contributed by atoms with Gasteiger partial charge in [-0.15, -0.1) is 24.9 Å². The summed E-state index contributed by atoms with van der Waals surface area (Å²) in [5.74, 6) is 0.980. The summed E-state index contributed by atoms with van der Waals surface area (Å²) in [5.41, 5.74) is 3.54. The molecule has 4 aromatic rings. The number of aryl methyl sites for hydroxylation is 1. The quantitative estimate of drug-likeness (QED) is 0.140. The molecule has 6 nitrogen and oxygen atoms in total. The topological polar surface area (TPSA) is 70.8 Å². The third-order valence-corrected chi connectivity index (χ3v) is 7.10. The number of rotatable bonds is 10. The third-order valence-electron chi connectivity index (χ3n) is 6.06. The van der Waals surface area contributed by atoms with Crippen LogP contribution in [0.5, 0.6) is 11.5 Å². The van der Waals surface area contributed by atoms with E-state index in [2.05, 4.69) is 9.89 Å². The number of para-hydroxylation sites is 1. The van der Waals surface area contributed by atoms with Crippen LogP contribution in [0.15, 0.2) is 76.1 Å². The van der Waals surface area contributed by atoms with E-state index in [-0.39, 0.29) is 35.5 Å². The summed E-state index contributed by atoms with van der Waals surface area (Å²) >= 11 is 1.60. The van der Waals surface area contributed by atoms with Gasteiger partial charge in [0.15, 0.2) is 0 Å². The summed E-state index contributed by atoms with van der Waals surface area (Å²) in [5, 5.41) is 4.08. The average Bonchev–Trinajstić information content (AvgIpc) is 3.34. The second-order valence-corrected chi connectivity index (χ2v) is 10.3. The largest absolute Gasteiger partial charge is 0.573 e. The van der Waals surface area contributed by atoms with Gasteiger partial charge in [0.2, 0.25) is 0 Å². The second kappa shape index (κ2) is 12.5. The van der Waals surface area contributed by atoms with E-state index in [1.165, 1.54) is 25.3 Å². The van der Waals surface area contributed by atoms with Crippen molar-refractivity contribution in [2.45, 2.75) is 50.3 Å². The number of alkyl halides is 3. The number of nitrogens with zero attached hydrogens (tertiary/aromatic N) is 1. The number of carbonyl (C=O) groups is 1. The highest BCUT2D eigenvalue weighted by Gasteiger charge is 2.33. The van der Waals surface area contributed by atoms with Crippen molar-refractivity contribution in [1.29, 1.82) is 0 Å². The van der Waals surface area contributed by atoms with Gasteiger partial charge in [-0.1, -0.05) is 43.3 Å². The molecule has 0 aliphatic carbocycles. The molecule has 0 aliphatic rings. The van der Waals surface area contributed by atoms with Crippen LogP contribution in [-0.2, 0) is 17.1 Å². The normalized spacial score (nSPS) is 11.5. The summed E-state index contributed by atoms with van der Waals surface area (Å²) in [4.78, 5) is 12.7. The first-order chi connectivity index (χ1) is 19.1. The van der Waals surface area contributed by atoms with E-state index in [9.17, 15) is 18.0 Å². The van der Waals surface area contributed by atoms with Crippen molar-refractivity contribution in [3.8, 4) is 22.8 Å². The molecule has 0 amide bonds. The Bertz CT molecular complexity index is 1480. The monoisotopic (exact) mass is 571 g/mol. The van der Waals surface area contributed by atoms with E-state index in [0.29, 0.717) is 28.4 Å². The lowest BCUT2D eigenvalue weighted by molar-refractivity contribution is -0.274. The first kappa shape index (κ1) is 29.1. The van der Waals surface area contributed by atoms with E-state index in [1.807, 2.05) is 51.1 Å². The van der Waals surface area contributed by atoms with Gasteiger partial charge in [-0.2, -0.15) is 0 Å². The van der Waals surface area contributed by atoms with E-state index in [4.69, 9.17) is 14.0 Å². The molecule has 40 heavy (non-hydrogen) atoms. The van der Waals surface area contributed by atoms with E-state index < -0.39 is 6.36 Å². The summed E-state index contributed by atoms with van der Waals surface area (Å²) in [6, 6.07) is 18.8. The Morgan fingerprint density at radius 3 is 2.52 bits per heavy atom. The van der Waals surface area contributed by atoms with Crippen molar-refractivity contribution >= 4 is 17.7 Å². The maximum absolute atomic E-state index is 13.0. The van der Waals surface area contributed by atoms with E-state index >= 15 is 0 Å². The van der Waals surface area contributed by atoms with Crippen LogP contribution in [0.2, 0.25) is 0 Å². The molecule has 10 heteroatoms. The molecule has 0 saturated heterocycles. The van der Waals surface area contributed by atoms with Gasteiger partial charge in [-0.05, 0) is 60.5 Å². The van der Waals surface area contributed by atoms with Gasteiger partial charge in [0.25, 0.3) is 0 Å². The Morgan fingerprint density at radius 1 is 1.05 bits per heavy atom. The summed E-state index contributed by atoms with van der Waals surface area (Å²) in [6.45, 7) is 5.83. The van der Waals surface area contributed by atoms with Crippen LogP contribution in [0.25, 0.3) is 11.3 Å². The Morgan fingerprint density at radius 2 is 1.82 bits per heavy atom. The van der Waals surface area contributed by atoms with Crippen LogP contribution >= 0.6 is 11.8 Å². The highest BCUT2D eigenvalue weighted by Crippen LogP contribution is 2.38. The molecule has 4 rings (SSSR count). The Balaban J connectivity index is 1.50. The standard InChI is InChI=1S/C30H28F3NO5S/c1-18(2)28-25(27(34-39-28)24-10-5-6-11-26(24)38-30(31,32)33)16-37-22-13-12-21(19(3)14-22)17-40-23-9-7-8-20(15-23)29(35)36-4/h5-15,18H,16-17H2,1-4H3. The maximum atomic E-state index is 13.0. The molecule has 0 N–H and O–H groups in total. The number of hydrogen-bond acceptors (Lipinski definition) is 7. The minimum atomic E-state index is -4.85. The number of benzene rings is 3. The van der Waals surface area contributed by atoms with Crippen LogP contribution in [0.4, 0.5) is 13.2 Å². The number of hydrogen-bond donors (Lipinski definition) is 0. The Kier molecular flexibility index (Phi) is 9.09. The maximum Gasteiger partial charge on any atom is 0.573 e. The van der Waals surface area contributed by atoms with Crippen molar-refractivity contribution in [3.05, 3.63) is 94.7 Å². The highest BCUT2D eigenvalue weighted by molar-refractivity contribution is 7.98. The number of ether oxygens (including phenoxy) is 3. The van der Waals surface area contributed by atoms with E-state index in [1.54, 1.807) is 30.0 Å². The number of esters is 1. The zero-order chi connectivity index (χ0) is 28.9. The van der Waals surface area contributed by atoms with Crippen molar-refractivity contribution in [2.75, 3.05) is 7.11 Å². The Labute approximate surface area is 234 Å². The minimum Gasteiger partial charge on any atom is -0.489 e. The van der Waals surface area contributed by atoms with Gasteiger partial charge in [-0.25, -0.2) is 4.79 Å².